The van der Waals surface area contributed by atoms with Crippen molar-refractivity contribution in [2.24, 2.45) is 0 Å². The number of benzene rings is 1. The molecule has 0 aliphatic heterocycles. The Morgan fingerprint density at radius 1 is 1.53 bits per heavy atom. The second-order valence-electron chi connectivity index (χ2n) is 2.96. The number of nitriles is 1. The zero-order chi connectivity index (χ0) is 11.6. The van der Waals surface area contributed by atoms with Crippen molar-refractivity contribution in [3.05, 3.63) is 28.8 Å². The van der Waals surface area contributed by atoms with Crippen molar-refractivity contribution in [2.75, 3.05) is 5.73 Å². The van der Waals surface area contributed by atoms with Crippen LogP contribution in [0.25, 0.3) is 0 Å². The highest BCUT2D eigenvalue weighted by atomic mass is 19.3. The van der Waals surface area contributed by atoms with E-state index in [9.17, 15) is 13.6 Å². The average Bonchev–Trinajstić information content (AvgIpc) is 2.15. The van der Waals surface area contributed by atoms with Crippen LogP contribution in [-0.4, -0.2) is 5.78 Å². The molecule has 0 saturated heterocycles. The Kier molecular flexibility index (Phi) is 3.00. The summed E-state index contributed by atoms with van der Waals surface area (Å²) in [6.45, 7) is 1.23. The van der Waals surface area contributed by atoms with E-state index in [-0.39, 0.29) is 16.8 Å². The summed E-state index contributed by atoms with van der Waals surface area (Å²) in [6, 6.07) is 4.07. The van der Waals surface area contributed by atoms with Crippen LogP contribution < -0.4 is 5.73 Å². The lowest BCUT2D eigenvalue weighted by atomic mass is 10.00. The van der Waals surface area contributed by atoms with Gasteiger partial charge in [-0.3, -0.25) is 4.79 Å². The van der Waals surface area contributed by atoms with Gasteiger partial charge in [0.25, 0.3) is 6.43 Å². The molecule has 0 spiro atoms. The van der Waals surface area contributed by atoms with Gasteiger partial charge >= 0.3 is 0 Å². The largest absolute Gasteiger partial charge is 0.398 e. The zero-order valence-electron chi connectivity index (χ0n) is 7.92. The number of anilines is 1. The van der Waals surface area contributed by atoms with E-state index >= 15 is 0 Å². The molecule has 0 fully saturated rings. The summed E-state index contributed by atoms with van der Waals surface area (Å²) in [6.07, 6.45) is -2.86. The number of nitrogen functional groups attached to an aromatic ring is 1. The monoisotopic (exact) mass is 210 g/mol. The maximum absolute atomic E-state index is 12.6. The number of carbonyl (C=O) groups excluding carboxylic acids is 1. The van der Waals surface area contributed by atoms with Crippen molar-refractivity contribution in [3.8, 4) is 6.07 Å². The van der Waals surface area contributed by atoms with Crippen LogP contribution in [0.3, 0.4) is 0 Å². The molecule has 0 bridgehead atoms. The summed E-state index contributed by atoms with van der Waals surface area (Å²) in [4.78, 5) is 11.0. The smallest absolute Gasteiger partial charge is 0.267 e. The van der Waals surface area contributed by atoms with Gasteiger partial charge in [0.05, 0.1) is 22.9 Å². The first-order valence-corrected chi connectivity index (χ1v) is 4.10. The molecule has 3 nitrogen and oxygen atoms in total. The molecule has 0 aliphatic carbocycles. The highest BCUT2D eigenvalue weighted by Crippen LogP contribution is 2.31. The lowest BCUT2D eigenvalue weighted by molar-refractivity contribution is 0.101. The summed E-state index contributed by atoms with van der Waals surface area (Å²) >= 11 is 0. The van der Waals surface area contributed by atoms with Crippen molar-refractivity contribution in [2.45, 2.75) is 13.3 Å². The zero-order valence-corrected chi connectivity index (χ0v) is 7.92. The number of nitrogens with two attached hydrogens (primary N) is 1. The summed E-state index contributed by atoms with van der Waals surface area (Å²) in [7, 11) is 0. The molecule has 0 atom stereocenters. The molecule has 2 N–H and O–H groups in total. The van der Waals surface area contributed by atoms with Crippen LogP contribution in [0, 0.1) is 11.3 Å². The van der Waals surface area contributed by atoms with Gasteiger partial charge in [-0.2, -0.15) is 5.26 Å². The number of hydrogen-bond donors (Lipinski definition) is 1. The molecule has 0 heterocycles. The molecular formula is C10H8F2N2O. The average molecular weight is 210 g/mol. The third-order valence-corrected chi connectivity index (χ3v) is 2.01. The Morgan fingerprint density at radius 3 is 2.53 bits per heavy atom. The number of ketones is 1. The SMILES string of the molecule is CC(=O)c1ccc(C#N)c(C(F)F)c1N. The van der Waals surface area contributed by atoms with Gasteiger partial charge in [0.15, 0.2) is 5.78 Å². The number of rotatable bonds is 2. The quantitative estimate of drug-likeness (QED) is 0.601. The van der Waals surface area contributed by atoms with Gasteiger partial charge in [0.2, 0.25) is 0 Å². The van der Waals surface area contributed by atoms with Crippen molar-refractivity contribution in [3.63, 3.8) is 0 Å². The number of Topliss-reactive ketones (excluding diaryl/α,β-unsaturated/α-hetero) is 1. The third-order valence-electron chi connectivity index (χ3n) is 2.01. The van der Waals surface area contributed by atoms with Crippen LogP contribution in [0.2, 0.25) is 0 Å². The minimum absolute atomic E-state index is 0.0179. The van der Waals surface area contributed by atoms with E-state index in [2.05, 4.69) is 0 Å². The van der Waals surface area contributed by atoms with E-state index in [1.807, 2.05) is 0 Å². The summed E-state index contributed by atoms with van der Waals surface area (Å²) in [5.74, 6) is -0.404. The number of hydrogen-bond acceptors (Lipinski definition) is 3. The van der Waals surface area contributed by atoms with E-state index in [0.717, 1.165) is 0 Å². The van der Waals surface area contributed by atoms with Crippen molar-refractivity contribution >= 4 is 11.5 Å². The van der Waals surface area contributed by atoms with Crippen LogP contribution >= 0.6 is 0 Å². The summed E-state index contributed by atoms with van der Waals surface area (Å²) in [5, 5.41) is 8.60. The Labute approximate surface area is 85.1 Å². The molecule has 0 aliphatic rings. The van der Waals surface area contributed by atoms with Crippen LogP contribution in [0.5, 0.6) is 0 Å². The number of carbonyl (C=O) groups is 1. The first-order chi connectivity index (χ1) is 6.99. The normalized spacial score (nSPS) is 10.1. The molecule has 0 radical (unpaired) electrons. The molecule has 0 saturated carbocycles. The first kappa shape index (κ1) is 11.1. The first-order valence-electron chi connectivity index (χ1n) is 4.10. The van der Waals surface area contributed by atoms with Crippen LogP contribution in [-0.2, 0) is 0 Å². The number of alkyl halides is 2. The number of nitrogens with zero attached hydrogens (tertiary/aromatic N) is 1. The minimum atomic E-state index is -2.86. The van der Waals surface area contributed by atoms with E-state index in [4.69, 9.17) is 11.0 Å². The van der Waals surface area contributed by atoms with Crippen molar-refractivity contribution < 1.29 is 13.6 Å². The standard InChI is InChI=1S/C10H8F2N2O/c1-5(15)7-3-2-6(4-13)8(9(7)14)10(11)12/h2-3,10H,14H2,1H3. The maximum atomic E-state index is 12.6. The Balaban J connectivity index is 3.51. The van der Waals surface area contributed by atoms with Gasteiger partial charge in [0, 0.05) is 5.56 Å². The second-order valence-corrected chi connectivity index (χ2v) is 2.96. The van der Waals surface area contributed by atoms with E-state index in [1.165, 1.54) is 19.1 Å². The summed E-state index contributed by atoms with van der Waals surface area (Å²) < 4.78 is 25.2. The van der Waals surface area contributed by atoms with E-state index in [0.29, 0.717) is 0 Å². The van der Waals surface area contributed by atoms with Crippen LogP contribution in [0.4, 0.5) is 14.5 Å². The lowest BCUT2D eigenvalue weighted by Crippen LogP contribution is -2.06. The molecule has 0 aromatic heterocycles. The molecule has 0 amide bonds. The Bertz CT molecular complexity index is 449. The molecule has 1 aromatic carbocycles. The fraction of sp³-hybridized carbons (Fsp3) is 0.200. The van der Waals surface area contributed by atoms with Crippen LogP contribution in [0.15, 0.2) is 12.1 Å². The topological polar surface area (TPSA) is 66.9 Å². The molecule has 78 valence electrons. The molecule has 0 unspecified atom stereocenters. The molecule has 15 heavy (non-hydrogen) atoms. The van der Waals surface area contributed by atoms with Gasteiger partial charge in [-0.1, -0.05) is 0 Å². The van der Waals surface area contributed by atoms with Gasteiger partial charge in [-0.15, -0.1) is 0 Å². The fourth-order valence-electron chi connectivity index (χ4n) is 1.28. The van der Waals surface area contributed by atoms with E-state index in [1.54, 1.807) is 6.07 Å². The summed E-state index contributed by atoms with van der Waals surface area (Å²) in [5.41, 5.74) is 4.35. The van der Waals surface area contributed by atoms with Gasteiger partial charge < -0.3 is 5.73 Å². The molecular weight excluding hydrogens is 202 g/mol. The van der Waals surface area contributed by atoms with Gasteiger partial charge in [-0.05, 0) is 19.1 Å². The van der Waals surface area contributed by atoms with Crippen molar-refractivity contribution in [1.29, 1.82) is 5.26 Å². The number of halogens is 2. The molecule has 1 rings (SSSR count). The van der Waals surface area contributed by atoms with Gasteiger partial charge in [-0.25, -0.2) is 8.78 Å². The van der Waals surface area contributed by atoms with Crippen molar-refractivity contribution in [1.82, 2.24) is 0 Å². The highest BCUT2D eigenvalue weighted by molar-refractivity contribution is 6.00. The third kappa shape index (κ3) is 1.94. The molecule has 1 aromatic rings. The Hall–Kier alpha value is -1.96. The highest BCUT2D eigenvalue weighted by Gasteiger charge is 2.20. The minimum Gasteiger partial charge on any atom is -0.398 e. The second kappa shape index (κ2) is 4.05. The molecule has 5 heteroatoms. The predicted molar refractivity (Wildman–Crippen MR) is 50.5 cm³/mol. The predicted octanol–water partition coefficient (Wildman–Crippen LogP) is 2.28. The van der Waals surface area contributed by atoms with Crippen LogP contribution in [0.1, 0.15) is 34.8 Å². The van der Waals surface area contributed by atoms with Gasteiger partial charge in [0.1, 0.15) is 0 Å². The lowest BCUT2D eigenvalue weighted by Gasteiger charge is -2.09. The Morgan fingerprint density at radius 2 is 2.13 bits per heavy atom. The van der Waals surface area contributed by atoms with E-state index < -0.39 is 17.8 Å². The fourth-order valence-corrected chi connectivity index (χ4v) is 1.28. The maximum Gasteiger partial charge on any atom is 0.267 e.